The van der Waals surface area contributed by atoms with Crippen molar-refractivity contribution < 1.29 is 4.57 Å². The van der Waals surface area contributed by atoms with Crippen molar-refractivity contribution in [3.8, 4) is 16.1 Å². The molecule has 3 aromatic rings. The van der Waals surface area contributed by atoms with Crippen LogP contribution in [0.3, 0.4) is 0 Å². The fraction of sp³-hybridized carbons (Fsp3) is 0.0625. The van der Waals surface area contributed by atoms with E-state index < -0.39 is 0 Å². The molecule has 0 radical (unpaired) electrons. The van der Waals surface area contributed by atoms with E-state index in [2.05, 4.69) is 52.7 Å². The third-order valence-electron chi connectivity index (χ3n) is 3.02. The van der Waals surface area contributed by atoms with Crippen molar-refractivity contribution in [1.29, 1.82) is 0 Å². The van der Waals surface area contributed by atoms with Crippen LogP contribution in [0.15, 0.2) is 65.1 Å². The second kappa shape index (κ2) is 6.00. The smallest absolute Gasteiger partial charge is 0.144 e. The number of aromatic nitrogens is 1. The lowest BCUT2D eigenvalue weighted by Gasteiger charge is -1.99. The summed E-state index contributed by atoms with van der Waals surface area (Å²) >= 11 is 9.48. The first-order chi connectivity index (χ1) is 9.79. The Morgan fingerprint density at radius 1 is 1.00 bits per heavy atom. The molecular formula is C16H13ClNS2+. The molecule has 0 N–H and O–H groups in total. The summed E-state index contributed by atoms with van der Waals surface area (Å²) in [7, 11) is 0. The van der Waals surface area contributed by atoms with Crippen LogP contribution in [-0.2, 0) is 0 Å². The van der Waals surface area contributed by atoms with Gasteiger partial charge in [0, 0.05) is 17.2 Å². The van der Waals surface area contributed by atoms with Gasteiger partial charge in [-0.15, -0.1) is 4.57 Å². The van der Waals surface area contributed by atoms with Gasteiger partial charge in [0.1, 0.15) is 4.88 Å². The molecule has 0 atom stereocenters. The Bertz CT molecular complexity index is 705. The summed E-state index contributed by atoms with van der Waals surface area (Å²) in [5.41, 5.74) is 4.55. The normalized spacial score (nSPS) is 10.7. The van der Waals surface area contributed by atoms with Gasteiger partial charge in [-0.05, 0) is 24.0 Å². The van der Waals surface area contributed by atoms with Crippen molar-refractivity contribution >= 4 is 34.7 Å². The van der Waals surface area contributed by atoms with E-state index >= 15 is 0 Å². The monoisotopic (exact) mass is 318 g/mol. The van der Waals surface area contributed by atoms with Crippen LogP contribution >= 0.6 is 34.7 Å². The predicted octanol–water partition coefficient (Wildman–Crippen LogP) is 5.07. The molecule has 0 unspecified atom stereocenters. The lowest BCUT2D eigenvalue weighted by Crippen LogP contribution is -2.29. The number of benzene rings is 2. The number of thiazole rings is 1. The van der Waals surface area contributed by atoms with Gasteiger partial charge >= 0.3 is 0 Å². The van der Waals surface area contributed by atoms with Gasteiger partial charge in [0.05, 0.1) is 0 Å². The Labute approximate surface area is 131 Å². The minimum atomic E-state index is 0.770. The summed E-state index contributed by atoms with van der Waals surface area (Å²) in [5.74, 6) is 0. The van der Waals surface area contributed by atoms with Gasteiger partial charge in [-0.2, -0.15) is 0 Å². The summed E-state index contributed by atoms with van der Waals surface area (Å²) < 4.78 is 2.24. The highest BCUT2D eigenvalue weighted by Gasteiger charge is 2.21. The number of hydrogen-bond acceptors (Lipinski definition) is 2. The molecule has 0 fully saturated rings. The van der Waals surface area contributed by atoms with E-state index in [1.807, 2.05) is 18.2 Å². The maximum Gasteiger partial charge on any atom is 0.264 e. The van der Waals surface area contributed by atoms with Gasteiger partial charge < -0.3 is 0 Å². The molecule has 0 spiro atoms. The third-order valence-corrected chi connectivity index (χ3v) is 5.17. The van der Waals surface area contributed by atoms with Crippen LogP contribution in [0.4, 0.5) is 0 Å². The summed E-state index contributed by atoms with van der Waals surface area (Å²) in [4.78, 5) is 1.28. The Hall–Kier alpha value is -1.29. The third kappa shape index (κ3) is 2.62. The number of rotatable bonds is 3. The average molecular weight is 319 g/mol. The molecule has 0 saturated heterocycles. The zero-order valence-corrected chi connectivity index (χ0v) is 13.3. The zero-order chi connectivity index (χ0) is 13.9. The first kappa shape index (κ1) is 13.7. The van der Waals surface area contributed by atoms with E-state index in [4.69, 9.17) is 11.6 Å². The van der Waals surface area contributed by atoms with Gasteiger partial charge in [0.15, 0.2) is 0 Å². The van der Waals surface area contributed by atoms with Crippen molar-refractivity contribution in [1.82, 2.24) is 0 Å². The molecule has 0 aliphatic heterocycles. The molecule has 0 saturated carbocycles. The number of thioether (sulfide) groups is 1. The van der Waals surface area contributed by atoms with Crippen molar-refractivity contribution in [3.05, 3.63) is 65.1 Å². The van der Waals surface area contributed by atoms with Gasteiger partial charge in [0.25, 0.3) is 5.03 Å². The SMILES string of the molecule is CSc1c(-c2ccc(Cl)cc2)sc[n+]1-c1ccccc1. The Morgan fingerprint density at radius 3 is 2.35 bits per heavy atom. The maximum atomic E-state index is 5.97. The van der Waals surface area contributed by atoms with Crippen LogP contribution in [0.5, 0.6) is 0 Å². The maximum absolute atomic E-state index is 5.97. The lowest BCUT2D eigenvalue weighted by molar-refractivity contribution is -0.629. The van der Waals surface area contributed by atoms with Crippen molar-refractivity contribution in [2.75, 3.05) is 6.26 Å². The van der Waals surface area contributed by atoms with E-state index in [0.717, 1.165) is 5.02 Å². The molecule has 1 heterocycles. The Morgan fingerprint density at radius 2 is 1.70 bits per heavy atom. The standard InChI is InChI=1S/C16H13ClNS2/c1-19-16-15(12-7-9-13(17)10-8-12)20-11-18(16)14-5-3-2-4-6-14/h2-11H,1H3/q+1. The molecule has 0 bridgehead atoms. The second-order valence-electron chi connectivity index (χ2n) is 4.27. The molecule has 100 valence electrons. The zero-order valence-electron chi connectivity index (χ0n) is 10.9. The van der Waals surface area contributed by atoms with Crippen LogP contribution in [0.2, 0.25) is 5.02 Å². The highest BCUT2D eigenvalue weighted by molar-refractivity contribution is 7.98. The molecule has 0 aliphatic carbocycles. The number of halogens is 1. The molecule has 4 heteroatoms. The van der Waals surface area contributed by atoms with E-state index in [-0.39, 0.29) is 0 Å². The highest BCUT2D eigenvalue weighted by Crippen LogP contribution is 2.33. The molecule has 1 aromatic heterocycles. The average Bonchev–Trinajstić information content (AvgIpc) is 2.93. The molecule has 20 heavy (non-hydrogen) atoms. The topological polar surface area (TPSA) is 3.88 Å². The van der Waals surface area contributed by atoms with E-state index in [1.54, 1.807) is 23.1 Å². The van der Waals surface area contributed by atoms with E-state index in [1.165, 1.54) is 21.2 Å². The first-order valence-corrected chi connectivity index (χ1v) is 8.66. The van der Waals surface area contributed by atoms with Crippen LogP contribution in [0.1, 0.15) is 0 Å². The van der Waals surface area contributed by atoms with Crippen LogP contribution in [0, 0.1) is 0 Å². The summed E-state index contributed by atoms with van der Waals surface area (Å²) in [6, 6.07) is 18.4. The molecule has 0 aliphatic rings. The molecule has 3 rings (SSSR count). The van der Waals surface area contributed by atoms with E-state index in [9.17, 15) is 0 Å². The fourth-order valence-electron chi connectivity index (χ4n) is 2.06. The highest BCUT2D eigenvalue weighted by atomic mass is 35.5. The predicted molar refractivity (Wildman–Crippen MR) is 88.1 cm³/mol. The Kier molecular flexibility index (Phi) is 4.10. The molecular weight excluding hydrogens is 306 g/mol. The minimum absolute atomic E-state index is 0.770. The number of nitrogens with zero attached hydrogens (tertiary/aromatic N) is 1. The quantitative estimate of drug-likeness (QED) is 0.482. The fourth-order valence-corrected chi connectivity index (χ4v) is 4.22. The van der Waals surface area contributed by atoms with Crippen LogP contribution < -0.4 is 4.57 Å². The van der Waals surface area contributed by atoms with Crippen LogP contribution in [0.25, 0.3) is 16.1 Å². The number of hydrogen-bond donors (Lipinski definition) is 0. The Balaban J connectivity index is 2.10. The van der Waals surface area contributed by atoms with Gasteiger partial charge in [-0.1, -0.05) is 65.0 Å². The van der Waals surface area contributed by atoms with E-state index in [0.29, 0.717) is 0 Å². The van der Waals surface area contributed by atoms with Crippen molar-refractivity contribution in [2.24, 2.45) is 0 Å². The number of para-hydroxylation sites is 1. The van der Waals surface area contributed by atoms with Gasteiger partial charge in [0.2, 0.25) is 11.2 Å². The van der Waals surface area contributed by atoms with Crippen molar-refractivity contribution in [3.63, 3.8) is 0 Å². The minimum Gasteiger partial charge on any atom is -0.144 e. The van der Waals surface area contributed by atoms with Gasteiger partial charge in [-0.3, -0.25) is 0 Å². The summed E-state index contributed by atoms with van der Waals surface area (Å²) in [6.07, 6.45) is 2.11. The molecule has 2 aromatic carbocycles. The summed E-state index contributed by atoms with van der Waals surface area (Å²) in [6.45, 7) is 0. The lowest BCUT2D eigenvalue weighted by atomic mass is 10.2. The molecule has 0 amide bonds. The molecule has 1 nitrogen and oxygen atoms in total. The van der Waals surface area contributed by atoms with Crippen molar-refractivity contribution in [2.45, 2.75) is 5.03 Å². The second-order valence-corrected chi connectivity index (χ2v) is 6.36. The van der Waals surface area contributed by atoms with Gasteiger partial charge in [-0.25, -0.2) is 0 Å². The van der Waals surface area contributed by atoms with Crippen LogP contribution in [-0.4, -0.2) is 6.26 Å². The first-order valence-electron chi connectivity index (χ1n) is 6.18. The largest absolute Gasteiger partial charge is 0.264 e. The summed E-state index contributed by atoms with van der Waals surface area (Å²) in [5, 5.41) is 2.02.